The van der Waals surface area contributed by atoms with Gasteiger partial charge in [-0.25, -0.2) is 0 Å². The van der Waals surface area contributed by atoms with E-state index in [1.165, 1.54) is 5.75 Å². The summed E-state index contributed by atoms with van der Waals surface area (Å²) in [6, 6.07) is 0. The lowest BCUT2D eigenvalue weighted by Crippen LogP contribution is -2.37. The maximum absolute atomic E-state index is 11.1. The molecule has 0 saturated carbocycles. The van der Waals surface area contributed by atoms with Crippen LogP contribution >= 0.6 is 11.8 Å². The van der Waals surface area contributed by atoms with Crippen LogP contribution in [0.5, 0.6) is 0 Å². The molecule has 1 amide bonds. The van der Waals surface area contributed by atoms with Crippen LogP contribution in [0.2, 0.25) is 0 Å². The number of amides is 1. The maximum Gasteiger partial charge on any atom is 0.236 e. The first-order valence-corrected chi connectivity index (χ1v) is 5.05. The molecule has 0 spiro atoms. The van der Waals surface area contributed by atoms with Crippen molar-refractivity contribution >= 4 is 17.7 Å². The molecule has 0 aliphatic carbocycles. The maximum atomic E-state index is 11.1. The molecule has 4 heteroatoms. The number of carbonyl (C=O) groups excluding carboxylic acids is 1. The van der Waals surface area contributed by atoms with Crippen molar-refractivity contribution in [3.8, 4) is 0 Å². The Balaban J connectivity index is 2.36. The molecule has 0 unspecified atom stereocenters. The van der Waals surface area contributed by atoms with E-state index in [9.17, 15) is 4.79 Å². The van der Waals surface area contributed by atoms with Crippen LogP contribution in [0.3, 0.4) is 0 Å². The average molecular weight is 174 g/mol. The first-order valence-electron chi connectivity index (χ1n) is 3.90. The topological polar surface area (TPSA) is 46.3 Å². The van der Waals surface area contributed by atoms with E-state index in [2.05, 4.69) is 0 Å². The van der Waals surface area contributed by atoms with E-state index in [-0.39, 0.29) is 12.5 Å². The summed E-state index contributed by atoms with van der Waals surface area (Å²) in [4.78, 5) is 13.0. The number of rotatable bonds is 1. The first kappa shape index (κ1) is 8.87. The van der Waals surface area contributed by atoms with Crippen molar-refractivity contribution in [3.05, 3.63) is 0 Å². The molecule has 0 aromatic rings. The summed E-state index contributed by atoms with van der Waals surface area (Å²) >= 11 is 1.91. The van der Waals surface area contributed by atoms with E-state index in [4.69, 9.17) is 5.73 Å². The van der Waals surface area contributed by atoms with Crippen molar-refractivity contribution in [2.75, 3.05) is 31.1 Å². The summed E-state index contributed by atoms with van der Waals surface area (Å²) in [7, 11) is 0. The fourth-order valence-electron chi connectivity index (χ4n) is 1.12. The Morgan fingerprint density at radius 3 is 3.00 bits per heavy atom. The van der Waals surface area contributed by atoms with E-state index in [1.807, 2.05) is 16.7 Å². The van der Waals surface area contributed by atoms with Crippen LogP contribution in [-0.2, 0) is 4.79 Å². The molecule has 1 fully saturated rings. The van der Waals surface area contributed by atoms with Crippen LogP contribution in [-0.4, -0.2) is 41.9 Å². The van der Waals surface area contributed by atoms with Gasteiger partial charge in [0, 0.05) is 18.8 Å². The Hall–Kier alpha value is -0.220. The number of hydrogen-bond acceptors (Lipinski definition) is 3. The van der Waals surface area contributed by atoms with E-state index >= 15 is 0 Å². The van der Waals surface area contributed by atoms with Gasteiger partial charge in [-0.1, -0.05) is 0 Å². The molecule has 1 heterocycles. The second-order valence-corrected chi connectivity index (χ2v) is 3.78. The molecule has 1 aliphatic rings. The standard InChI is InChI=1S/C7H14N2OS/c8-6-7(10)9-2-1-4-11-5-3-9/h1-6,8H2. The molecular formula is C7H14N2OS. The van der Waals surface area contributed by atoms with Crippen LogP contribution in [0.4, 0.5) is 0 Å². The third-order valence-electron chi connectivity index (χ3n) is 1.75. The summed E-state index contributed by atoms with van der Waals surface area (Å²) in [6.07, 6.45) is 1.11. The third kappa shape index (κ3) is 2.71. The van der Waals surface area contributed by atoms with Crippen LogP contribution in [0.15, 0.2) is 0 Å². The van der Waals surface area contributed by atoms with Gasteiger partial charge >= 0.3 is 0 Å². The Kier molecular flexibility index (Phi) is 3.72. The molecule has 3 nitrogen and oxygen atoms in total. The lowest BCUT2D eigenvalue weighted by Gasteiger charge is -2.18. The van der Waals surface area contributed by atoms with Crippen molar-refractivity contribution in [2.45, 2.75) is 6.42 Å². The lowest BCUT2D eigenvalue weighted by atomic mass is 10.4. The molecule has 0 atom stereocenters. The molecule has 11 heavy (non-hydrogen) atoms. The second-order valence-electron chi connectivity index (χ2n) is 2.55. The normalized spacial score (nSPS) is 19.5. The van der Waals surface area contributed by atoms with Crippen LogP contribution in [0.1, 0.15) is 6.42 Å². The second kappa shape index (κ2) is 4.62. The van der Waals surface area contributed by atoms with Gasteiger partial charge in [0.1, 0.15) is 0 Å². The SMILES string of the molecule is NCC(=O)N1CCCSCC1. The molecule has 1 saturated heterocycles. The fourth-order valence-corrected chi connectivity index (χ4v) is 2.01. The highest BCUT2D eigenvalue weighted by Crippen LogP contribution is 2.09. The summed E-state index contributed by atoms with van der Waals surface area (Å²) in [5.74, 6) is 2.33. The van der Waals surface area contributed by atoms with Crippen molar-refractivity contribution in [2.24, 2.45) is 5.73 Å². The fraction of sp³-hybridized carbons (Fsp3) is 0.857. The Morgan fingerprint density at radius 1 is 1.45 bits per heavy atom. The van der Waals surface area contributed by atoms with E-state index in [0.29, 0.717) is 0 Å². The number of carbonyl (C=O) groups is 1. The van der Waals surface area contributed by atoms with Gasteiger partial charge in [-0.3, -0.25) is 4.79 Å². The molecule has 2 N–H and O–H groups in total. The van der Waals surface area contributed by atoms with Gasteiger partial charge < -0.3 is 10.6 Å². The molecule has 0 radical (unpaired) electrons. The Morgan fingerprint density at radius 2 is 2.27 bits per heavy atom. The van der Waals surface area contributed by atoms with Crippen molar-refractivity contribution < 1.29 is 4.79 Å². The molecule has 1 rings (SSSR count). The molecular weight excluding hydrogens is 160 g/mol. The molecule has 0 bridgehead atoms. The lowest BCUT2D eigenvalue weighted by molar-refractivity contribution is -0.129. The summed E-state index contributed by atoms with van der Waals surface area (Å²) in [5, 5.41) is 0. The van der Waals surface area contributed by atoms with Gasteiger partial charge in [-0.05, 0) is 12.2 Å². The minimum atomic E-state index is 0.0903. The molecule has 1 aliphatic heterocycles. The third-order valence-corrected chi connectivity index (χ3v) is 2.80. The minimum absolute atomic E-state index is 0.0903. The molecule has 0 aromatic heterocycles. The Bertz CT molecular complexity index is 132. The minimum Gasteiger partial charge on any atom is -0.341 e. The van der Waals surface area contributed by atoms with Crippen molar-refractivity contribution in [1.29, 1.82) is 0 Å². The highest BCUT2D eigenvalue weighted by atomic mass is 32.2. The van der Waals surface area contributed by atoms with Gasteiger partial charge in [0.15, 0.2) is 0 Å². The zero-order valence-corrected chi connectivity index (χ0v) is 7.40. The van der Waals surface area contributed by atoms with Crippen LogP contribution < -0.4 is 5.73 Å². The number of nitrogens with zero attached hydrogens (tertiary/aromatic N) is 1. The van der Waals surface area contributed by atoms with Crippen LogP contribution in [0.25, 0.3) is 0 Å². The predicted octanol–water partition coefficient (Wildman–Crippen LogP) is -0.0894. The number of nitrogens with two attached hydrogens (primary N) is 1. The van der Waals surface area contributed by atoms with Gasteiger partial charge in [-0.2, -0.15) is 11.8 Å². The molecule has 0 aromatic carbocycles. The van der Waals surface area contributed by atoms with Gasteiger partial charge in [0.05, 0.1) is 6.54 Å². The summed E-state index contributed by atoms with van der Waals surface area (Å²) in [6.45, 7) is 1.92. The highest BCUT2D eigenvalue weighted by molar-refractivity contribution is 7.99. The summed E-state index contributed by atoms with van der Waals surface area (Å²) < 4.78 is 0. The van der Waals surface area contributed by atoms with Gasteiger partial charge in [0.2, 0.25) is 5.91 Å². The summed E-state index contributed by atoms with van der Waals surface area (Å²) in [5.41, 5.74) is 5.26. The van der Waals surface area contributed by atoms with E-state index < -0.39 is 0 Å². The van der Waals surface area contributed by atoms with Crippen molar-refractivity contribution in [1.82, 2.24) is 4.90 Å². The van der Waals surface area contributed by atoms with E-state index in [1.54, 1.807) is 0 Å². The zero-order chi connectivity index (χ0) is 8.10. The van der Waals surface area contributed by atoms with Gasteiger partial charge in [0.25, 0.3) is 0 Å². The van der Waals surface area contributed by atoms with Crippen LogP contribution in [0, 0.1) is 0 Å². The highest BCUT2D eigenvalue weighted by Gasteiger charge is 2.12. The quantitative estimate of drug-likeness (QED) is 0.604. The van der Waals surface area contributed by atoms with Crippen molar-refractivity contribution in [3.63, 3.8) is 0 Å². The largest absolute Gasteiger partial charge is 0.341 e. The predicted molar refractivity (Wildman–Crippen MR) is 47.6 cm³/mol. The smallest absolute Gasteiger partial charge is 0.236 e. The Labute approximate surface area is 71.3 Å². The average Bonchev–Trinajstić information content (AvgIpc) is 2.30. The van der Waals surface area contributed by atoms with E-state index in [0.717, 1.165) is 25.3 Å². The number of hydrogen-bond donors (Lipinski definition) is 1. The molecule has 64 valence electrons. The monoisotopic (exact) mass is 174 g/mol. The van der Waals surface area contributed by atoms with Gasteiger partial charge in [-0.15, -0.1) is 0 Å². The first-order chi connectivity index (χ1) is 5.34. The zero-order valence-electron chi connectivity index (χ0n) is 6.58. The number of thioether (sulfide) groups is 1.